The minimum Gasteiger partial charge on any atom is -0.371 e. The lowest BCUT2D eigenvalue weighted by atomic mass is 9.92. The van der Waals surface area contributed by atoms with Crippen molar-refractivity contribution in [2.45, 2.75) is 56.7 Å². The molecule has 3 heterocycles. The number of anilines is 2. The zero-order chi connectivity index (χ0) is 23.8. The molecule has 2 aliphatic heterocycles. The van der Waals surface area contributed by atoms with Gasteiger partial charge in [0.2, 0.25) is 5.95 Å². The number of urea groups is 1. The van der Waals surface area contributed by atoms with E-state index in [4.69, 9.17) is 9.47 Å². The Morgan fingerprint density at radius 3 is 2.45 bits per heavy atom. The fourth-order valence-electron chi connectivity index (χ4n) is 3.87. The third-order valence-electron chi connectivity index (χ3n) is 5.56. The van der Waals surface area contributed by atoms with Gasteiger partial charge in [-0.05, 0) is 24.3 Å². The van der Waals surface area contributed by atoms with E-state index in [9.17, 15) is 18.0 Å². The highest BCUT2D eigenvalue weighted by Crippen LogP contribution is 2.31. The molecule has 0 aliphatic carbocycles. The maximum Gasteiger partial charge on any atom is 0.416 e. The Hall–Kier alpha value is -2.92. The van der Waals surface area contributed by atoms with Crippen molar-refractivity contribution in [1.82, 2.24) is 15.3 Å². The van der Waals surface area contributed by atoms with Crippen molar-refractivity contribution in [3.05, 3.63) is 47.8 Å². The zero-order valence-electron chi connectivity index (χ0n) is 18.4. The lowest BCUT2D eigenvalue weighted by Gasteiger charge is -2.21. The van der Waals surface area contributed by atoms with Crippen molar-refractivity contribution in [3.63, 3.8) is 0 Å². The molecule has 0 bridgehead atoms. The Balaban J connectivity index is 1.35. The summed E-state index contributed by atoms with van der Waals surface area (Å²) in [4.78, 5) is 21.2. The molecule has 2 saturated heterocycles. The summed E-state index contributed by atoms with van der Waals surface area (Å²) in [6.45, 7) is 6.75. The van der Waals surface area contributed by atoms with Crippen molar-refractivity contribution in [1.29, 1.82) is 0 Å². The topological polar surface area (TPSA) is 97.4 Å². The fraction of sp³-hybridized carbons (Fsp3) is 0.500. The number of amides is 2. The van der Waals surface area contributed by atoms with Crippen LogP contribution in [0.3, 0.4) is 0 Å². The highest BCUT2D eigenvalue weighted by molar-refractivity contribution is 5.89. The Bertz CT molecular complexity index is 1010. The van der Waals surface area contributed by atoms with Crippen LogP contribution in [0, 0.1) is 0 Å². The molecule has 0 saturated carbocycles. The molecule has 0 radical (unpaired) electrons. The van der Waals surface area contributed by atoms with E-state index >= 15 is 0 Å². The molecule has 0 unspecified atom stereocenters. The van der Waals surface area contributed by atoms with Crippen molar-refractivity contribution >= 4 is 17.7 Å². The number of hydrogen-bond donors (Lipinski definition) is 3. The normalized spacial score (nSPS) is 24.9. The summed E-state index contributed by atoms with van der Waals surface area (Å²) in [7, 11) is 0. The van der Waals surface area contributed by atoms with Gasteiger partial charge in [-0.15, -0.1) is 0 Å². The van der Waals surface area contributed by atoms with Crippen molar-refractivity contribution in [2.75, 3.05) is 23.8 Å². The van der Waals surface area contributed by atoms with Crippen molar-refractivity contribution < 1.29 is 27.4 Å². The van der Waals surface area contributed by atoms with E-state index in [-0.39, 0.29) is 29.9 Å². The predicted molar refractivity (Wildman–Crippen MR) is 115 cm³/mol. The largest absolute Gasteiger partial charge is 0.416 e. The summed E-state index contributed by atoms with van der Waals surface area (Å²) in [5.41, 5.74) is -0.0237. The number of rotatable bonds is 4. The van der Waals surface area contributed by atoms with E-state index in [0.29, 0.717) is 12.6 Å². The molecule has 2 aromatic rings. The monoisotopic (exact) mass is 465 g/mol. The smallest absolute Gasteiger partial charge is 0.371 e. The Morgan fingerprint density at radius 1 is 1.06 bits per heavy atom. The van der Waals surface area contributed by atoms with Gasteiger partial charge in [-0.1, -0.05) is 26.8 Å². The van der Waals surface area contributed by atoms with E-state index in [1.807, 2.05) is 6.07 Å². The molecular weight excluding hydrogens is 439 g/mol. The third-order valence-corrected chi connectivity index (χ3v) is 5.56. The number of benzene rings is 1. The van der Waals surface area contributed by atoms with Crippen LogP contribution in [0.25, 0.3) is 0 Å². The average Bonchev–Trinajstić information content (AvgIpc) is 3.31. The summed E-state index contributed by atoms with van der Waals surface area (Å²) >= 11 is 0. The van der Waals surface area contributed by atoms with E-state index in [2.05, 4.69) is 46.7 Å². The number of alkyl halides is 3. The number of aromatic nitrogens is 2. The number of carbonyl (C=O) groups excluding carboxylic acids is 1. The molecule has 8 nitrogen and oxygen atoms in total. The van der Waals surface area contributed by atoms with Gasteiger partial charge in [0, 0.05) is 17.3 Å². The molecule has 3 N–H and O–H groups in total. The van der Waals surface area contributed by atoms with Crippen LogP contribution in [0.5, 0.6) is 0 Å². The minimum atomic E-state index is -4.49. The fourth-order valence-corrected chi connectivity index (χ4v) is 3.87. The van der Waals surface area contributed by atoms with Gasteiger partial charge in [0.15, 0.2) is 0 Å². The first-order valence-electron chi connectivity index (χ1n) is 10.6. The van der Waals surface area contributed by atoms with Gasteiger partial charge in [0.25, 0.3) is 0 Å². The van der Waals surface area contributed by atoms with Gasteiger partial charge < -0.3 is 25.4 Å². The van der Waals surface area contributed by atoms with Crippen LogP contribution in [0.4, 0.5) is 29.6 Å². The summed E-state index contributed by atoms with van der Waals surface area (Å²) in [6, 6.07) is 5.03. The number of nitrogens with zero attached hydrogens (tertiary/aromatic N) is 2. The van der Waals surface area contributed by atoms with Gasteiger partial charge in [-0.25, -0.2) is 14.8 Å². The van der Waals surface area contributed by atoms with Crippen LogP contribution in [0.15, 0.2) is 36.5 Å². The number of nitrogens with one attached hydrogen (secondary N) is 3. The molecule has 0 spiro atoms. The van der Waals surface area contributed by atoms with Crippen molar-refractivity contribution in [3.8, 4) is 0 Å². The van der Waals surface area contributed by atoms with Crippen LogP contribution in [-0.4, -0.2) is 53.5 Å². The summed E-state index contributed by atoms with van der Waals surface area (Å²) < 4.78 is 50.3. The van der Waals surface area contributed by atoms with E-state index in [1.165, 1.54) is 12.1 Å². The Kier molecular flexibility index (Phi) is 6.19. The second-order valence-corrected chi connectivity index (χ2v) is 9.15. The first-order valence-corrected chi connectivity index (χ1v) is 10.6. The highest BCUT2D eigenvalue weighted by atomic mass is 19.4. The highest BCUT2D eigenvalue weighted by Gasteiger charge is 2.48. The van der Waals surface area contributed by atoms with Gasteiger partial charge in [0.1, 0.15) is 12.2 Å². The number of hydrogen-bond acceptors (Lipinski definition) is 6. The average molecular weight is 465 g/mol. The molecule has 1 aromatic heterocycles. The molecule has 178 valence electrons. The third kappa shape index (κ3) is 5.36. The Morgan fingerprint density at radius 2 is 1.76 bits per heavy atom. The van der Waals surface area contributed by atoms with Crippen LogP contribution < -0.4 is 16.0 Å². The van der Waals surface area contributed by atoms with Gasteiger partial charge in [-0.2, -0.15) is 13.2 Å². The van der Waals surface area contributed by atoms with Gasteiger partial charge in [0.05, 0.1) is 36.6 Å². The minimum absolute atomic E-state index is 0.0422. The standard InChI is InChI=1S/C22H26F3N5O3/c1-21(2,3)16-7-8-26-19(30-16)28-14-10-32-18-15(11-33-17(14)18)29-20(31)27-13-6-4-5-12(9-13)22(23,24)25/h4-9,14-15,17-18H,10-11H2,1-3H3,(H,26,28,30)(H2,27,29,31)/t14-,15-,17+,18+/m0/s1. The molecule has 33 heavy (non-hydrogen) atoms. The summed E-state index contributed by atoms with van der Waals surface area (Å²) in [5, 5.41) is 8.42. The number of fused-ring (bicyclic) bond motifs is 1. The molecule has 2 amide bonds. The first kappa shape index (κ1) is 23.2. The maximum absolute atomic E-state index is 12.9. The van der Waals surface area contributed by atoms with Gasteiger partial charge >= 0.3 is 12.2 Å². The molecule has 4 rings (SSSR count). The second kappa shape index (κ2) is 8.79. The van der Waals surface area contributed by atoms with E-state index in [1.54, 1.807) is 6.20 Å². The predicted octanol–water partition coefficient (Wildman–Crippen LogP) is 3.56. The number of halogens is 3. The quantitative estimate of drug-likeness (QED) is 0.639. The lowest BCUT2D eigenvalue weighted by molar-refractivity contribution is -0.137. The van der Waals surface area contributed by atoms with Crippen LogP contribution in [0.1, 0.15) is 32.0 Å². The first-order chi connectivity index (χ1) is 15.5. The Labute approximate surface area is 189 Å². The molecule has 4 atom stereocenters. The maximum atomic E-state index is 12.9. The van der Waals surface area contributed by atoms with E-state index < -0.39 is 29.9 Å². The number of ether oxygens (including phenoxy) is 2. The lowest BCUT2D eigenvalue weighted by Crippen LogP contribution is -2.46. The van der Waals surface area contributed by atoms with Crippen LogP contribution in [-0.2, 0) is 21.1 Å². The second-order valence-electron chi connectivity index (χ2n) is 9.15. The molecule has 2 aliphatic rings. The van der Waals surface area contributed by atoms with Crippen LogP contribution in [0.2, 0.25) is 0 Å². The summed E-state index contributed by atoms with van der Waals surface area (Å²) in [5.74, 6) is 0.471. The molecular formula is C22H26F3N5O3. The number of carbonyl (C=O) groups is 1. The SMILES string of the molecule is CC(C)(C)c1ccnc(N[C@H]2CO[C@H]3[C@@H]2OC[C@@H]3NC(=O)Nc2cccc(C(F)(F)F)c2)n1. The molecule has 11 heteroatoms. The van der Waals surface area contributed by atoms with Gasteiger partial charge in [-0.3, -0.25) is 0 Å². The van der Waals surface area contributed by atoms with Crippen LogP contribution >= 0.6 is 0 Å². The summed E-state index contributed by atoms with van der Waals surface area (Å²) in [6.07, 6.45) is -3.52. The van der Waals surface area contributed by atoms with Crippen molar-refractivity contribution in [2.24, 2.45) is 0 Å². The molecule has 2 fully saturated rings. The molecule has 1 aromatic carbocycles. The zero-order valence-corrected chi connectivity index (χ0v) is 18.4. The van der Waals surface area contributed by atoms with E-state index in [0.717, 1.165) is 17.8 Å².